The lowest BCUT2D eigenvalue weighted by atomic mass is 10.1. The Morgan fingerprint density at radius 2 is 1.69 bits per heavy atom. The molecule has 0 heterocycles. The predicted molar refractivity (Wildman–Crippen MR) is 85.4 cm³/mol. The van der Waals surface area contributed by atoms with Crippen LogP contribution in [0, 0.1) is 5.82 Å². The Morgan fingerprint density at radius 3 is 2.27 bits per heavy atom. The van der Waals surface area contributed by atoms with Gasteiger partial charge in [0.05, 0.1) is 10.5 Å². The van der Waals surface area contributed by atoms with Gasteiger partial charge in [-0.3, -0.25) is 0 Å². The molecule has 2 aromatic carbocycles. The minimum Gasteiger partial charge on any atom is -0.333 e. The molecule has 140 valence electrons. The van der Waals surface area contributed by atoms with Gasteiger partial charge >= 0.3 is 12.2 Å². The van der Waals surface area contributed by atoms with Crippen LogP contribution in [0.1, 0.15) is 11.1 Å². The second kappa shape index (κ2) is 7.50. The van der Waals surface area contributed by atoms with Crippen molar-refractivity contribution in [1.82, 2.24) is 10.0 Å². The van der Waals surface area contributed by atoms with E-state index < -0.39 is 45.7 Å². The van der Waals surface area contributed by atoms with Gasteiger partial charge in [-0.05, 0) is 30.3 Å². The molecule has 11 heteroatoms. The van der Waals surface area contributed by atoms with Crippen LogP contribution in [0.3, 0.4) is 0 Å². The molecule has 0 saturated heterocycles. The molecule has 2 N–H and O–H groups in total. The fourth-order valence-electron chi connectivity index (χ4n) is 1.94. The molecule has 2 amide bonds. The molecule has 0 bridgehead atoms. The SMILES string of the molecule is O=C(NCc1cccc(C(F)(F)F)c1F)NS(=O)(=O)c1ccc(Cl)cc1. The molecular formula is C15H11ClF4N2O3S. The first-order chi connectivity index (χ1) is 12.0. The predicted octanol–water partition coefficient (Wildman–Crippen LogP) is 3.69. The lowest BCUT2D eigenvalue weighted by molar-refractivity contribution is -0.140. The Kier molecular flexibility index (Phi) is 5.77. The average molecular weight is 411 g/mol. The van der Waals surface area contributed by atoms with Crippen molar-refractivity contribution in [1.29, 1.82) is 0 Å². The lowest BCUT2D eigenvalue weighted by Gasteiger charge is -2.12. The van der Waals surface area contributed by atoms with Crippen LogP contribution in [0.4, 0.5) is 22.4 Å². The van der Waals surface area contributed by atoms with E-state index in [0.29, 0.717) is 6.07 Å². The number of carbonyl (C=O) groups excluding carboxylic acids is 1. The number of halogens is 5. The number of rotatable bonds is 4. The summed E-state index contributed by atoms with van der Waals surface area (Å²) in [4.78, 5) is 11.4. The molecular weight excluding hydrogens is 400 g/mol. The molecule has 0 atom stereocenters. The first-order valence-corrected chi connectivity index (χ1v) is 8.77. The second-order valence-corrected chi connectivity index (χ2v) is 7.14. The normalized spacial score (nSPS) is 11.9. The Balaban J connectivity index is 2.07. The topological polar surface area (TPSA) is 75.3 Å². The highest BCUT2D eigenvalue weighted by molar-refractivity contribution is 7.90. The molecule has 0 unspecified atom stereocenters. The van der Waals surface area contributed by atoms with Gasteiger partial charge in [0.25, 0.3) is 10.0 Å². The van der Waals surface area contributed by atoms with Gasteiger partial charge < -0.3 is 5.32 Å². The number of hydrogen-bond acceptors (Lipinski definition) is 3. The summed E-state index contributed by atoms with van der Waals surface area (Å²) in [6.45, 7) is -0.641. The van der Waals surface area contributed by atoms with Crippen molar-refractivity contribution < 1.29 is 30.8 Å². The van der Waals surface area contributed by atoms with Gasteiger partial charge in [-0.25, -0.2) is 22.3 Å². The molecule has 0 saturated carbocycles. The lowest BCUT2D eigenvalue weighted by Crippen LogP contribution is -2.39. The van der Waals surface area contributed by atoms with E-state index in [1.807, 2.05) is 5.32 Å². The summed E-state index contributed by atoms with van der Waals surface area (Å²) in [5, 5.41) is 2.28. The highest BCUT2D eigenvalue weighted by atomic mass is 35.5. The number of alkyl halides is 3. The fourth-order valence-corrected chi connectivity index (χ4v) is 3.00. The highest BCUT2D eigenvalue weighted by Crippen LogP contribution is 2.32. The number of urea groups is 1. The smallest absolute Gasteiger partial charge is 0.333 e. The molecule has 2 rings (SSSR count). The number of amides is 2. The Morgan fingerprint density at radius 1 is 1.08 bits per heavy atom. The van der Waals surface area contributed by atoms with Crippen molar-refractivity contribution in [3.05, 3.63) is 64.4 Å². The first-order valence-electron chi connectivity index (χ1n) is 6.91. The van der Waals surface area contributed by atoms with Crippen LogP contribution in [0.25, 0.3) is 0 Å². The molecule has 5 nitrogen and oxygen atoms in total. The number of sulfonamides is 1. The standard InChI is InChI=1S/C15H11ClF4N2O3S/c16-10-4-6-11(7-5-10)26(24,25)22-14(23)21-8-9-2-1-3-12(13(9)17)15(18,19)20/h1-7H,8H2,(H2,21,22,23). The summed E-state index contributed by atoms with van der Waals surface area (Å²) >= 11 is 5.63. The van der Waals surface area contributed by atoms with Crippen molar-refractivity contribution >= 4 is 27.7 Å². The average Bonchev–Trinajstić information content (AvgIpc) is 2.52. The minimum atomic E-state index is -4.89. The summed E-state index contributed by atoms with van der Waals surface area (Å²) in [6, 6.07) is 6.26. The second-order valence-electron chi connectivity index (χ2n) is 5.02. The molecule has 2 aromatic rings. The molecule has 0 radical (unpaired) electrons. The van der Waals surface area contributed by atoms with Gasteiger partial charge in [-0.1, -0.05) is 23.7 Å². The molecule has 26 heavy (non-hydrogen) atoms. The zero-order chi connectivity index (χ0) is 19.5. The van der Waals surface area contributed by atoms with Crippen LogP contribution in [-0.4, -0.2) is 14.4 Å². The maximum absolute atomic E-state index is 13.8. The van der Waals surface area contributed by atoms with Crippen molar-refractivity contribution in [3.8, 4) is 0 Å². The van der Waals surface area contributed by atoms with Crippen LogP contribution in [-0.2, 0) is 22.7 Å². The molecule has 0 fully saturated rings. The van der Waals surface area contributed by atoms with Crippen molar-refractivity contribution in [2.45, 2.75) is 17.6 Å². The van der Waals surface area contributed by atoms with Gasteiger partial charge in [-0.2, -0.15) is 13.2 Å². The highest BCUT2D eigenvalue weighted by Gasteiger charge is 2.34. The van der Waals surface area contributed by atoms with Crippen LogP contribution < -0.4 is 10.0 Å². The fraction of sp³-hybridized carbons (Fsp3) is 0.133. The largest absolute Gasteiger partial charge is 0.419 e. The summed E-state index contributed by atoms with van der Waals surface area (Å²) in [6.07, 6.45) is -4.89. The van der Waals surface area contributed by atoms with Gasteiger partial charge in [0.1, 0.15) is 5.82 Å². The first kappa shape index (κ1) is 20.0. The van der Waals surface area contributed by atoms with E-state index in [1.54, 1.807) is 4.72 Å². The Bertz CT molecular complexity index is 915. The summed E-state index contributed by atoms with van der Waals surface area (Å²) in [7, 11) is -4.22. The quantitative estimate of drug-likeness (QED) is 0.755. The maximum Gasteiger partial charge on any atom is 0.419 e. The zero-order valence-electron chi connectivity index (χ0n) is 12.8. The number of hydrogen-bond donors (Lipinski definition) is 2. The van der Waals surface area contributed by atoms with E-state index in [9.17, 15) is 30.8 Å². The van der Waals surface area contributed by atoms with Crippen LogP contribution >= 0.6 is 11.6 Å². The van der Waals surface area contributed by atoms with Crippen molar-refractivity contribution in [2.75, 3.05) is 0 Å². The number of nitrogens with one attached hydrogen (secondary N) is 2. The van der Waals surface area contributed by atoms with E-state index >= 15 is 0 Å². The summed E-state index contributed by atoms with van der Waals surface area (Å²) in [5.74, 6) is -1.54. The molecule has 0 aliphatic rings. The molecule has 0 aliphatic heterocycles. The van der Waals surface area contributed by atoms with Gasteiger partial charge in [-0.15, -0.1) is 0 Å². The third-order valence-electron chi connectivity index (χ3n) is 3.17. The van der Waals surface area contributed by atoms with Crippen molar-refractivity contribution in [3.63, 3.8) is 0 Å². The number of carbonyl (C=O) groups is 1. The van der Waals surface area contributed by atoms with Crippen LogP contribution in [0.5, 0.6) is 0 Å². The van der Waals surface area contributed by atoms with E-state index in [-0.39, 0.29) is 9.92 Å². The van der Waals surface area contributed by atoms with E-state index in [1.165, 1.54) is 12.1 Å². The van der Waals surface area contributed by atoms with E-state index in [2.05, 4.69) is 0 Å². The minimum absolute atomic E-state index is 0.248. The molecule has 0 aromatic heterocycles. The summed E-state index contributed by atoms with van der Waals surface area (Å²) < 4.78 is 77.4. The monoisotopic (exact) mass is 410 g/mol. The maximum atomic E-state index is 13.8. The van der Waals surface area contributed by atoms with E-state index in [0.717, 1.165) is 24.3 Å². The van der Waals surface area contributed by atoms with Gasteiger partial charge in [0.2, 0.25) is 0 Å². The van der Waals surface area contributed by atoms with Gasteiger partial charge in [0, 0.05) is 17.1 Å². The molecule has 0 spiro atoms. The van der Waals surface area contributed by atoms with E-state index in [4.69, 9.17) is 11.6 Å². The Labute approximate surface area is 151 Å². The third-order valence-corrected chi connectivity index (χ3v) is 4.77. The number of benzene rings is 2. The third kappa shape index (κ3) is 4.85. The van der Waals surface area contributed by atoms with Gasteiger partial charge in [0.15, 0.2) is 0 Å². The van der Waals surface area contributed by atoms with Crippen molar-refractivity contribution in [2.24, 2.45) is 0 Å². The van der Waals surface area contributed by atoms with Crippen LogP contribution in [0.15, 0.2) is 47.4 Å². The summed E-state index contributed by atoms with van der Waals surface area (Å²) in [5.41, 5.74) is -1.93. The zero-order valence-corrected chi connectivity index (χ0v) is 14.3. The molecule has 0 aliphatic carbocycles. The Hall–Kier alpha value is -2.33. The van der Waals surface area contributed by atoms with Crippen LogP contribution in [0.2, 0.25) is 5.02 Å².